The highest BCUT2D eigenvalue weighted by Crippen LogP contribution is 2.25. The van der Waals surface area contributed by atoms with E-state index in [0.717, 1.165) is 24.2 Å². The molecule has 0 aliphatic heterocycles. The lowest BCUT2D eigenvalue weighted by Gasteiger charge is -2.12. The minimum atomic E-state index is -0.872. The number of carboxylic acid groups (broad SMARTS) is 1. The summed E-state index contributed by atoms with van der Waals surface area (Å²) in [4.78, 5) is 11.3. The smallest absolute Gasteiger partial charge is 0.352 e. The Morgan fingerprint density at radius 3 is 2.30 bits per heavy atom. The molecule has 1 heterocycles. The van der Waals surface area contributed by atoms with Crippen LogP contribution in [0.3, 0.4) is 0 Å². The summed E-state index contributed by atoms with van der Waals surface area (Å²) in [7, 11) is 0. The van der Waals surface area contributed by atoms with Crippen LogP contribution in [0.5, 0.6) is 0 Å². The highest BCUT2D eigenvalue weighted by atomic mass is 16.4. The molecule has 2 rings (SSSR count). The van der Waals surface area contributed by atoms with Crippen molar-refractivity contribution < 1.29 is 9.90 Å². The molecule has 1 N–H and O–H groups in total. The van der Waals surface area contributed by atoms with Gasteiger partial charge in [-0.05, 0) is 35.6 Å². The van der Waals surface area contributed by atoms with Crippen LogP contribution in [0.2, 0.25) is 0 Å². The second kappa shape index (κ2) is 5.95. The van der Waals surface area contributed by atoms with Gasteiger partial charge in [-0.1, -0.05) is 45.0 Å². The van der Waals surface area contributed by atoms with Crippen molar-refractivity contribution in [1.82, 2.24) is 4.57 Å². The van der Waals surface area contributed by atoms with Gasteiger partial charge in [0.05, 0.1) is 0 Å². The zero-order valence-corrected chi connectivity index (χ0v) is 12.3. The molecule has 1 aromatic heterocycles. The van der Waals surface area contributed by atoms with Crippen LogP contribution in [0.25, 0.3) is 11.3 Å². The first-order valence-corrected chi connectivity index (χ1v) is 7.07. The fraction of sp³-hybridized carbons (Fsp3) is 0.353. The zero-order chi connectivity index (χ0) is 14.7. The van der Waals surface area contributed by atoms with Crippen molar-refractivity contribution in [2.45, 2.75) is 39.7 Å². The van der Waals surface area contributed by atoms with Crippen LogP contribution in [0, 0.1) is 0 Å². The van der Waals surface area contributed by atoms with Crippen molar-refractivity contribution >= 4 is 5.97 Å². The number of hydrogen-bond donors (Lipinski definition) is 1. The van der Waals surface area contributed by atoms with Crippen LogP contribution in [0.4, 0.5) is 0 Å². The van der Waals surface area contributed by atoms with Gasteiger partial charge in [0.1, 0.15) is 5.69 Å². The van der Waals surface area contributed by atoms with Crippen LogP contribution in [0.15, 0.2) is 36.4 Å². The first kappa shape index (κ1) is 14.4. The SMILES string of the molecule is CCCn1c(C(=O)O)ccc1-c1ccc(C(C)C)cc1. The summed E-state index contributed by atoms with van der Waals surface area (Å²) < 4.78 is 1.88. The molecule has 0 atom stereocenters. The maximum absolute atomic E-state index is 11.3. The topological polar surface area (TPSA) is 42.2 Å². The summed E-state index contributed by atoms with van der Waals surface area (Å²) in [6, 6.07) is 11.9. The van der Waals surface area contributed by atoms with Gasteiger partial charge < -0.3 is 9.67 Å². The Balaban J connectivity index is 2.43. The number of rotatable bonds is 5. The fourth-order valence-electron chi connectivity index (χ4n) is 2.41. The van der Waals surface area contributed by atoms with Gasteiger partial charge in [0.25, 0.3) is 0 Å². The summed E-state index contributed by atoms with van der Waals surface area (Å²) in [6.45, 7) is 7.10. The van der Waals surface area contributed by atoms with E-state index in [1.54, 1.807) is 6.07 Å². The maximum Gasteiger partial charge on any atom is 0.352 e. The molecule has 20 heavy (non-hydrogen) atoms. The first-order chi connectivity index (χ1) is 9.54. The Bertz CT molecular complexity index is 594. The summed E-state index contributed by atoms with van der Waals surface area (Å²) in [5.74, 6) is -0.371. The lowest BCUT2D eigenvalue weighted by Crippen LogP contribution is -2.09. The molecule has 106 valence electrons. The van der Waals surface area contributed by atoms with E-state index in [0.29, 0.717) is 11.6 Å². The minimum absolute atomic E-state index is 0.356. The van der Waals surface area contributed by atoms with E-state index in [2.05, 4.69) is 45.0 Å². The van der Waals surface area contributed by atoms with Gasteiger partial charge in [0.2, 0.25) is 0 Å². The van der Waals surface area contributed by atoms with Crippen LogP contribution in [0.1, 0.15) is 49.2 Å². The van der Waals surface area contributed by atoms with Gasteiger partial charge >= 0.3 is 5.97 Å². The molecule has 0 saturated carbocycles. The molecule has 0 radical (unpaired) electrons. The van der Waals surface area contributed by atoms with Crippen LogP contribution in [-0.2, 0) is 6.54 Å². The molecule has 0 aliphatic rings. The Morgan fingerprint density at radius 1 is 1.15 bits per heavy atom. The maximum atomic E-state index is 11.3. The van der Waals surface area contributed by atoms with Crippen LogP contribution in [-0.4, -0.2) is 15.6 Å². The summed E-state index contributed by atoms with van der Waals surface area (Å²) in [5, 5.41) is 9.25. The monoisotopic (exact) mass is 271 g/mol. The molecule has 0 bridgehead atoms. The Morgan fingerprint density at radius 2 is 1.80 bits per heavy atom. The van der Waals surface area contributed by atoms with E-state index in [-0.39, 0.29) is 0 Å². The molecule has 2 aromatic rings. The highest BCUT2D eigenvalue weighted by Gasteiger charge is 2.14. The molecule has 0 fully saturated rings. The third-order valence-corrected chi connectivity index (χ3v) is 3.52. The summed E-state index contributed by atoms with van der Waals surface area (Å²) in [5.41, 5.74) is 3.69. The van der Waals surface area contributed by atoms with Gasteiger partial charge in [-0.3, -0.25) is 0 Å². The highest BCUT2D eigenvalue weighted by molar-refractivity contribution is 5.87. The van der Waals surface area contributed by atoms with E-state index in [1.807, 2.05) is 10.6 Å². The lowest BCUT2D eigenvalue weighted by molar-refractivity contribution is 0.0685. The largest absolute Gasteiger partial charge is 0.477 e. The summed E-state index contributed by atoms with van der Waals surface area (Å²) in [6.07, 6.45) is 0.909. The molecule has 3 nitrogen and oxygen atoms in total. The predicted molar refractivity (Wildman–Crippen MR) is 81.2 cm³/mol. The first-order valence-electron chi connectivity index (χ1n) is 7.07. The normalized spacial score (nSPS) is 11.0. The Hall–Kier alpha value is -2.03. The molecule has 0 aliphatic carbocycles. The average Bonchev–Trinajstić information content (AvgIpc) is 2.83. The second-order valence-electron chi connectivity index (χ2n) is 5.34. The number of carboxylic acids is 1. The third kappa shape index (κ3) is 2.77. The molecule has 1 aromatic carbocycles. The predicted octanol–water partition coefficient (Wildman–Crippen LogP) is 4.39. The molecule has 0 saturated heterocycles. The van der Waals surface area contributed by atoms with Crippen LogP contribution >= 0.6 is 0 Å². The molecule has 0 unspecified atom stereocenters. The third-order valence-electron chi connectivity index (χ3n) is 3.52. The number of carbonyl (C=O) groups is 1. The van der Waals surface area contributed by atoms with E-state index in [4.69, 9.17) is 0 Å². The van der Waals surface area contributed by atoms with Gasteiger partial charge in [-0.25, -0.2) is 4.79 Å². The van der Waals surface area contributed by atoms with Crippen molar-refractivity contribution in [2.75, 3.05) is 0 Å². The number of benzene rings is 1. The second-order valence-corrected chi connectivity index (χ2v) is 5.34. The number of nitrogens with zero attached hydrogens (tertiary/aromatic N) is 1. The molecule has 3 heteroatoms. The number of aromatic nitrogens is 1. The number of aromatic carboxylic acids is 1. The van der Waals surface area contributed by atoms with E-state index < -0.39 is 5.97 Å². The van der Waals surface area contributed by atoms with E-state index in [1.165, 1.54) is 5.56 Å². The lowest BCUT2D eigenvalue weighted by atomic mass is 10.0. The zero-order valence-electron chi connectivity index (χ0n) is 12.3. The van der Waals surface area contributed by atoms with Crippen molar-refractivity contribution in [1.29, 1.82) is 0 Å². The van der Waals surface area contributed by atoms with Crippen molar-refractivity contribution in [3.05, 3.63) is 47.7 Å². The van der Waals surface area contributed by atoms with Crippen LogP contribution < -0.4 is 0 Å². The standard InChI is InChI=1S/C17H21NO2/c1-4-11-18-15(9-10-16(18)17(19)20)14-7-5-13(6-8-14)12(2)3/h5-10,12H,4,11H2,1-3H3,(H,19,20). The average molecular weight is 271 g/mol. The van der Waals surface area contributed by atoms with Gasteiger partial charge in [0, 0.05) is 12.2 Å². The van der Waals surface area contributed by atoms with Gasteiger partial charge in [-0.15, -0.1) is 0 Å². The van der Waals surface area contributed by atoms with Crippen molar-refractivity contribution in [3.63, 3.8) is 0 Å². The van der Waals surface area contributed by atoms with Crippen molar-refractivity contribution in [2.24, 2.45) is 0 Å². The molecule has 0 amide bonds. The Labute approximate surface area is 119 Å². The minimum Gasteiger partial charge on any atom is -0.477 e. The molecular weight excluding hydrogens is 250 g/mol. The molecular formula is C17H21NO2. The molecule has 0 spiro atoms. The van der Waals surface area contributed by atoms with Crippen molar-refractivity contribution in [3.8, 4) is 11.3 Å². The van der Waals surface area contributed by atoms with E-state index >= 15 is 0 Å². The summed E-state index contributed by atoms with van der Waals surface area (Å²) >= 11 is 0. The number of hydrogen-bond acceptors (Lipinski definition) is 1. The fourth-order valence-corrected chi connectivity index (χ4v) is 2.41. The Kier molecular flexibility index (Phi) is 4.28. The van der Waals surface area contributed by atoms with Gasteiger partial charge in [-0.2, -0.15) is 0 Å². The van der Waals surface area contributed by atoms with E-state index in [9.17, 15) is 9.90 Å². The van der Waals surface area contributed by atoms with Gasteiger partial charge in [0.15, 0.2) is 0 Å². The quantitative estimate of drug-likeness (QED) is 0.876.